The molecule has 2 aromatic rings. The Labute approximate surface area is 197 Å². The lowest BCUT2D eigenvalue weighted by Crippen LogP contribution is -2.39. The number of hydrogen-bond donors (Lipinski definition) is 1. The van der Waals surface area contributed by atoms with Gasteiger partial charge in [-0.15, -0.1) is 0 Å². The molecule has 2 fully saturated rings. The lowest BCUT2D eigenvalue weighted by molar-refractivity contribution is 0.0376. The maximum absolute atomic E-state index is 13.3. The van der Waals surface area contributed by atoms with Crippen LogP contribution in [-0.2, 0) is 11.2 Å². The van der Waals surface area contributed by atoms with Crippen molar-refractivity contribution in [1.29, 1.82) is 0 Å². The van der Waals surface area contributed by atoms with Crippen molar-refractivity contribution in [2.24, 2.45) is 5.92 Å². The number of ether oxygens (including phenoxy) is 1. The van der Waals surface area contributed by atoms with Crippen LogP contribution in [0.5, 0.6) is 0 Å². The van der Waals surface area contributed by atoms with E-state index in [1.165, 1.54) is 32.1 Å². The van der Waals surface area contributed by atoms with Crippen molar-refractivity contribution in [3.63, 3.8) is 0 Å². The van der Waals surface area contributed by atoms with Gasteiger partial charge >= 0.3 is 0 Å². The van der Waals surface area contributed by atoms with Crippen LogP contribution in [0.15, 0.2) is 4.79 Å². The Morgan fingerprint density at radius 3 is 2.64 bits per heavy atom. The van der Waals surface area contributed by atoms with Crippen molar-refractivity contribution in [3.8, 4) is 0 Å². The van der Waals surface area contributed by atoms with E-state index in [2.05, 4.69) is 35.6 Å². The third kappa shape index (κ3) is 5.96. The number of aromatic amines is 1. The summed E-state index contributed by atoms with van der Waals surface area (Å²) >= 11 is 0. The molecule has 0 radical (unpaired) electrons. The van der Waals surface area contributed by atoms with Crippen LogP contribution < -0.4 is 10.5 Å². The Hall–Kier alpha value is -1.93. The van der Waals surface area contributed by atoms with Crippen LogP contribution in [0.3, 0.4) is 0 Å². The Morgan fingerprint density at radius 1 is 1.18 bits per heavy atom. The van der Waals surface area contributed by atoms with Crippen molar-refractivity contribution in [2.45, 2.75) is 78.2 Å². The van der Waals surface area contributed by atoms with E-state index in [0.29, 0.717) is 11.4 Å². The number of anilines is 1. The molecule has 0 bridgehead atoms. The van der Waals surface area contributed by atoms with Crippen molar-refractivity contribution >= 4 is 17.0 Å². The zero-order valence-electron chi connectivity index (χ0n) is 20.8. The fraction of sp³-hybridized carbons (Fsp3) is 0.800. The molecule has 0 amide bonds. The molecule has 2 aromatic heterocycles. The fourth-order valence-electron chi connectivity index (χ4n) is 5.30. The van der Waals surface area contributed by atoms with Gasteiger partial charge in [-0.3, -0.25) is 19.4 Å². The van der Waals surface area contributed by atoms with Crippen molar-refractivity contribution < 1.29 is 4.74 Å². The summed E-state index contributed by atoms with van der Waals surface area (Å²) < 4.78 is 7.34. The molecular formula is C25H42N6O2. The summed E-state index contributed by atoms with van der Waals surface area (Å²) in [4.78, 5) is 26.3. The van der Waals surface area contributed by atoms with Gasteiger partial charge in [0.2, 0.25) is 5.95 Å². The van der Waals surface area contributed by atoms with Gasteiger partial charge in [-0.1, -0.05) is 32.6 Å². The van der Waals surface area contributed by atoms with Gasteiger partial charge in [-0.2, -0.15) is 5.10 Å². The second-order valence-electron chi connectivity index (χ2n) is 10.1. The van der Waals surface area contributed by atoms with E-state index in [9.17, 15) is 4.79 Å². The molecule has 0 spiro atoms. The van der Waals surface area contributed by atoms with Gasteiger partial charge in [-0.05, 0) is 45.4 Å². The van der Waals surface area contributed by atoms with Gasteiger partial charge in [0.1, 0.15) is 5.52 Å². The Bertz CT molecular complexity index is 940. The van der Waals surface area contributed by atoms with Crippen molar-refractivity contribution in [2.75, 3.05) is 50.8 Å². The first kappa shape index (κ1) is 24.2. The van der Waals surface area contributed by atoms with E-state index < -0.39 is 0 Å². The molecule has 0 unspecified atom stereocenters. The van der Waals surface area contributed by atoms with Crippen LogP contribution in [0.4, 0.5) is 5.95 Å². The quantitative estimate of drug-likeness (QED) is 0.584. The van der Waals surface area contributed by atoms with Gasteiger partial charge in [-0.25, -0.2) is 4.98 Å². The van der Waals surface area contributed by atoms with Gasteiger partial charge in [0, 0.05) is 38.8 Å². The number of H-pyrrole nitrogens is 1. The second kappa shape index (κ2) is 11.5. The van der Waals surface area contributed by atoms with Crippen LogP contribution in [0.2, 0.25) is 0 Å². The van der Waals surface area contributed by atoms with E-state index in [0.717, 1.165) is 82.4 Å². The first-order valence-electron chi connectivity index (χ1n) is 13.1. The zero-order chi connectivity index (χ0) is 23.2. The average molecular weight is 459 g/mol. The van der Waals surface area contributed by atoms with Gasteiger partial charge < -0.3 is 9.64 Å². The van der Waals surface area contributed by atoms with E-state index in [1.807, 2.05) is 4.68 Å². The van der Waals surface area contributed by atoms with Crippen LogP contribution in [0.25, 0.3) is 11.0 Å². The molecule has 1 aliphatic carbocycles. The predicted molar refractivity (Wildman–Crippen MR) is 133 cm³/mol. The smallest absolute Gasteiger partial charge is 0.278 e. The normalized spacial score (nSPS) is 18.4. The third-order valence-corrected chi connectivity index (χ3v) is 7.10. The summed E-state index contributed by atoms with van der Waals surface area (Å²) in [7, 11) is 0. The van der Waals surface area contributed by atoms with E-state index in [1.54, 1.807) is 0 Å². The molecular weight excluding hydrogens is 416 g/mol. The number of hydrogen-bond acceptors (Lipinski definition) is 6. The first-order chi connectivity index (χ1) is 16.1. The summed E-state index contributed by atoms with van der Waals surface area (Å²) in [6.45, 7) is 12.9. The minimum absolute atomic E-state index is 0.0691. The Balaban J connectivity index is 1.60. The highest BCUT2D eigenvalue weighted by Crippen LogP contribution is 2.26. The molecule has 2 aliphatic rings. The maximum Gasteiger partial charge on any atom is 0.278 e. The number of morpholine rings is 1. The second-order valence-corrected chi connectivity index (χ2v) is 10.1. The third-order valence-electron chi connectivity index (χ3n) is 7.10. The minimum atomic E-state index is -0.0691. The number of rotatable bonds is 10. The first-order valence-corrected chi connectivity index (χ1v) is 13.1. The topological polar surface area (TPSA) is 79.3 Å². The van der Waals surface area contributed by atoms with Gasteiger partial charge in [0.15, 0.2) is 5.52 Å². The summed E-state index contributed by atoms with van der Waals surface area (Å²) in [6.07, 6.45) is 9.42. The summed E-state index contributed by atoms with van der Waals surface area (Å²) in [5.74, 6) is 1.40. The SMILES string of the molecule is CCCc1nn(C(C)C)c2c(=O)[nH]c(N(CCCN3CCOCC3)CC3CCCCC3)nc12. The Morgan fingerprint density at radius 2 is 1.94 bits per heavy atom. The number of fused-ring (bicyclic) bond motifs is 1. The van der Waals surface area contributed by atoms with Crippen molar-refractivity contribution in [3.05, 3.63) is 16.0 Å². The molecule has 184 valence electrons. The summed E-state index contributed by atoms with van der Waals surface area (Å²) in [5, 5.41) is 4.78. The van der Waals surface area contributed by atoms with Crippen LogP contribution in [0, 0.1) is 5.92 Å². The molecule has 1 saturated carbocycles. The Kier molecular flexibility index (Phi) is 8.41. The largest absolute Gasteiger partial charge is 0.379 e. The molecule has 4 rings (SSSR count). The molecule has 8 nitrogen and oxygen atoms in total. The zero-order valence-corrected chi connectivity index (χ0v) is 20.8. The average Bonchev–Trinajstić information content (AvgIpc) is 3.19. The highest BCUT2D eigenvalue weighted by Gasteiger charge is 2.23. The number of aromatic nitrogens is 4. The van der Waals surface area contributed by atoms with Crippen molar-refractivity contribution in [1.82, 2.24) is 24.6 Å². The molecule has 1 aliphatic heterocycles. The van der Waals surface area contributed by atoms with E-state index in [4.69, 9.17) is 14.8 Å². The molecule has 1 N–H and O–H groups in total. The standard InChI is InChI=1S/C25H42N6O2/c1-4-9-21-22-23(31(28-21)19(2)3)24(32)27-25(26-22)30(18-20-10-6-5-7-11-20)13-8-12-29-14-16-33-17-15-29/h19-20H,4-18H2,1-3H3,(H,26,27,32). The predicted octanol–water partition coefficient (Wildman–Crippen LogP) is 3.76. The number of nitrogens with zero attached hydrogens (tertiary/aromatic N) is 5. The number of aryl methyl sites for hydroxylation is 1. The molecule has 0 atom stereocenters. The highest BCUT2D eigenvalue weighted by atomic mass is 16.5. The van der Waals surface area contributed by atoms with Gasteiger partial charge in [0.25, 0.3) is 5.56 Å². The number of nitrogens with one attached hydrogen (secondary N) is 1. The maximum atomic E-state index is 13.3. The summed E-state index contributed by atoms with van der Waals surface area (Å²) in [6, 6.07) is 0.124. The lowest BCUT2D eigenvalue weighted by atomic mass is 9.89. The molecule has 0 aromatic carbocycles. The lowest BCUT2D eigenvalue weighted by Gasteiger charge is -2.31. The van der Waals surface area contributed by atoms with Crippen LogP contribution in [-0.4, -0.2) is 70.6 Å². The molecule has 33 heavy (non-hydrogen) atoms. The minimum Gasteiger partial charge on any atom is -0.379 e. The molecule has 1 saturated heterocycles. The van der Waals surface area contributed by atoms with Crippen LogP contribution >= 0.6 is 0 Å². The monoisotopic (exact) mass is 458 g/mol. The van der Waals surface area contributed by atoms with Crippen LogP contribution in [0.1, 0.15) is 77.5 Å². The highest BCUT2D eigenvalue weighted by molar-refractivity contribution is 5.78. The van der Waals surface area contributed by atoms with Gasteiger partial charge in [0.05, 0.1) is 18.9 Å². The van der Waals surface area contributed by atoms with E-state index >= 15 is 0 Å². The molecule has 3 heterocycles. The molecule has 8 heteroatoms. The fourth-order valence-corrected chi connectivity index (χ4v) is 5.30. The summed E-state index contributed by atoms with van der Waals surface area (Å²) in [5.41, 5.74) is 2.27. The van der Waals surface area contributed by atoms with E-state index in [-0.39, 0.29) is 11.6 Å².